The molecule has 2 nitrogen and oxygen atoms in total. The molecule has 0 radical (unpaired) electrons. The zero-order valence-electron chi connectivity index (χ0n) is 7.72. The van der Waals surface area contributed by atoms with Crippen LogP contribution in [0.1, 0.15) is 13.3 Å². The predicted octanol–water partition coefficient (Wildman–Crippen LogP) is 2.69. The lowest BCUT2D eigenvalue weighted by Gasteiger charge is -2.12. The lowest BCUT2D eigenvalue weighted by atomic mass is 10.00. The van der Waals surface area contributed by atoms with Gasteiger partial charge in [-0.15, -0.1) is 0 Å². The molecule has 0 N–H and O–H groups in total. The van der Waals surface area contributed by atoms with Crippen LogP contribution in [0.2, 0.25) is 12.6 Å². The molecule has 0 aliphatic heterocycles. The van der Waals surface area contributed by atoms with Crippen LogP contribution in [0.15, 0.2) is 0 Å². The summed E-state index contributed by atoms with van der Waals surface area (Å²) in [6.07, 6.45) is 0.253. The van der Waals surface area contributed by atoms with Gasteiger partial charge in [-0.1, -0.05) is 0 Å². The summed E-state index contributed by atoms with van der Waals surface area (Å²) in [4.78, 5) is 0. The van der Waals surface area contributed by atoms with E-state index in [-0.39, 0.29) is 18.4 Å². The Morgan fingerprint density at radius 3 is 2.15 bits per heavy atom. The van der Waals surface area contributed by atoms with Crippen molar-refractivity contribution in [3.63, 3.8) is 0 Å². The van der Waals surface area contributed by atoms with Gasteiger partial charge in [-0.3, -0.25) is 8.22 Å². The quantitative estimate of drug-likeness (QED) is 0.519. The maximum Gasteiger partial charge on any atom is 0.423 e. The second-order valence-corrected chi connectivity index (χ2v) is 5.91. The molecule has 0 aromatic rings. The van der Waals surface area contributed by atoms with Gasteiger partial charge in [-0.05, 0) is 19.9 Å². The van der Waals surface area contributed by atoms with Crippen LogP contribution in [-0.4, -0.2) is 8.74 Å². The van der Waals surface area contributed by atoms with Gasteiger partial charge >= 0.3 is 8.74 Å². The maximum absolute atomic E-state index is 12.6. The van der Waals surface area contributed by atoms with Crippen LogP contribution >= 0.6 is 0 Å². The smallest absolute Gasteiger partial charge is 0.271 e. The molecule has 0 saturated carbocycles. The van der Waals surface area contributed by atoms with Crippen LogP contribution in [0, 0.1) is 34.5 Å². The normalized spacial score (nSPS) is 15.5. The molecule has 72 valence electrons. The van der Waals surface area contributed by atoms with Gasteiger partial charge in [0.1, 0.15) is 0 Å². The molecule has 13 heavy (non-hydrogen) atoms. The van der Waals surface area contributed by atoms with Gasteiger partial charge in [0.15, 0.2) is 0 Å². The lowest BCUT2D eigenvalue weighted by Crippen LogP contribution is -2.21. The fraction of sp³-hybridized carbons (Fsp3) is 0.750. The van der Waals surface area contributed by atoms with Crippen LogP contribution in [-0.2, 0) is 0 Å². The van der Waals surface area contributed by atoms with E-state index in [4.69, 9.17) is 10.5 Å². The third kappa shape index (κ3) is 6.24. The van der Waals surface area contributed by atoms with Crippen LogP contribution in [0.3, 0.4) is 0 Å². The average Bonchev–Trinajstić information content (AvgIpc) is 2.00. The molecule has 2 unspecified atom stereocenters. The Bertz CT molecular complexity index is 236. The zero-order valence-corrected chi connectivity index (χ0v) is 8.72. The van der Waals surface area contributed by atoms with Gasteiger partial charge in [0, 0.05) is 12.0 Å². The molecule has 0 heterocycles. The van der Waals surface area contributed by atoms with Crippen molar-refractivity contribution in [3.05, 3.63) is 0 Å². The van der Waals surface area contributed by atoms with Gasteiger partial charge < -0.3 is 0 Å². The van der Waals surface area contributed by atoms with Gasteiger partial charge in [0.05, 0.1) is 18.1 Å². The molecule has 5 heteroatoms. The largest absolute Gasteiger partial charge is 0.423 e. The van der Waals surface area contributed by atoms with E-state index in [9.17, 15) is 8.22 Å². The second kappa shape index (κ2) is 4.93. The van der Waals surface area contributed by atoms with Crippen molar-refractivity contribution in [2.45, 2.75) is 25.9 Å². The van der Waals surface area contributed by atoms with Crippen LogP contribution < -0.4 is 0 Å². The molecule has 0 spiro atoms. The lowest BCUT2D eigenvalue weighted by molar-refractivity contribution is 0.513. The Kier molecular flexibility index (Phi) is 4.57. The molecular weight excluding hydrogens is 190 g/mol. The number of rotatable bonds is 4. The minimum absolute atomic E-state index is 0.253. The molecule has 0 aliphatic rings. The monoisotopic (exact) mass is 202 g/mol. The summed E-state index contributed by atoms with van der Waals surface area (Å²) >= 11 is 0. The van der Waals surface area contributed by atoms with E-state index in [0.29, 0.717) is 0 Å². The standard InChI is InChI=1S/C8H12F2N2Si/c1-7(4-11)3-8(5-12)6-13(2,9)10/h7-8H,3,6H2,1-2H3. The molecule has 0 aromatic carbocycles. The SMILES string of the molecule is CC(C#N)CC(C#N)C[Si](C)(F)F. The number of hydrogen-bond donors (Lipinski definition) is 0. The molecule has 0 aromatic heterocycles. The average molecular weight is 202 g/mol. The van der Waals surface area contributed by atoms with Crippen LogP contribution in [0.4, 0.5) is 8.22 Å². The summed E-state index contributed by atoms with van der Waals surface area (Å²) in [7, 11) is -4.15. The van der Waals surface area contributed by atoms with Gasteiger partial charge in [-0.25, -0.2) is 0 Å². The first kappa shape index (κ1) is 12.1. The number of nitriles is 2. The van der Waals surface area contributed by atoms with Crippen molar-refractivity contribution in [2.24, 2.45) is 11.8 Å². The van der Waals surface area contributed by atoms with E-state index >= 15 is 0 Å². The van der Waals surface area contributed by atoms with Crippen molar-refractivity contribution in [1.82, 2.24) is 0 Å². The van der Waals surface area contributed by atoms with Gasteiger partial charge in [0.2, 0.25) is 0 Å². The molecule has 0 fully saturated rings. The first-order valence-corrected chi connectivity index (χ1v) is 6.52. The fourth-order valence-corrected chi connectivity index (χ4v) is 2.22. The fourth-order valence-electron chi connectivity index (χ4n) is 1.09. The summed E-state index contributed by atoms with van der Waals surface area (Å²) in [6.45, 7) is 2.56. The third-order valence-electron chi connectivity index (χ3n) is 1.65. The Morgan fingerprint density at radius 2 is 1.85 bits per heavy atom. The molecule has 0 bridgehead atoms. The summed E-state index contributed by atoms with van der Waals surface area (Å²) in [5.41, 5.74) is 0. The molecular formula is C8H12F2N2Si. The predicted molar refractivity (Wildman–Crippen MR) is 47.1 cm³/mol. The van der Waals surface area contributed by atoms with Crippen molar-refractivity contribution in [2.75, 3.05) is 0 Å². The zero-order chi connectivity index (χ0) is 10.5. The van der Waals surface area contributed by atoms with E-state index in [1.54, 1.807) is 6.92 Å². The first-order chi connectivity index (χ1) is 5.89. The number of hydrogen-bond acceptors (Lipinski definition) is 2. The van der Waals surface area contributed by atoms with Crippen molar-refractivity contribution < 1.29 is 8.22 Å². The van der Waals surface area contributed by atoms with Crippen LogP contribution in [0.25, 0.3) is 0 Å². The molecule has 0 aliphatic carbocycles. The Morgan fingerprint density at radius 1 is 1.31 bits per heavy atom. The van der Waals surface area contributed by atoms with Gasteiger partial charge in [-0.2, -0.15) is 10.5 Å². The second-order valence-electron chi connectivity index (χ2n) is 3.37. The first-order valence-electron chi connectivity index (χ1n) is 4.06. The van der Waals surface area contributed by atoms with Crippen molar-refractivity contribution in [3.8, 4) is 12.1 Å². The van der Waals surface area contributed by atoms with E-state index in [1.807, 2.05) is 12.1 Å². The van der Waals surface area contributed by atoms with Crippen molar-refractivity contribution >= 4 is 8.74 Å². The highest BCUT2D eigenvalue weighted by Gasteiger charge is 2.32. The molecule has 2 atom stereocenters. The van der Waals surface area contributed by atoms with E-state index in [1.165, 1.54) is 0 Å². The summed E-state index contributed by atoms with van der Waals surface area (Å²) in [5.74, 6) is -0.984. The highest BCUT2D eigenvalue weighted by Crippen LogP contribution is 2.24. The highest BCUT2D eigenvalue weighted by atomic mass is 28.4. The number of nitrogens with zero attached hydrogens (tertiary/aromatic N) is 2. The summed E-state index contributed by atoms with van der Waals surface area (Å²) in [5, 5.41) is 17.0. The number of halogens is 2. The highest BCUT2D eigenvalue weighted by molar-refractivity contribution is 6.64. The Labute approximate surface area is 78.1 Å². The summed E-state index contributed by atoms with van der Waals surface area (Å²) < 4.78 is 25.2. The van der Waals surface area contributed by atoms with E-state index in [2.05, 4.69) is 0 Å². The topological polar surface area (TPSA) is 47.6 Å². The Hall–Kier alpha value is -0.943. The molecule has 0 amide bonds. The minimum atomic E-state index is -4.15. The maximum atomic E-state index is 12.6. The van der Waals surface area contributed by atoms with E-state index < -0.39 is 14.7 Å². The Balaban J connectivity index is 4.09. The van der Waals surface area contributed by atoms with Crippen molar-refractivity contribution in [1.29, 1.82) is 10.5 Å². The summed E-state index contributed by atoms with van der Waals surface area (Å²) in [6, 6.07) is 3.44. The van der Waals surface area contributed by atoms with Gasteiger partial charge in [0.25, 0.3) is 0 Å². The molecule has 0 saturated heterocycles. The third-order valence-corrected chi connectivity index (χ3v) is 2.86. The van der Waals surface area contributed by atoms with Crippen LogP contribution in [0.5, 0.6) is 0 Å². The molecule has 0 rings (SSSR count). The van der Waals surface area contributed by atoms with E-state index in [0.717, 1.165) is 6.55 Å². The minimum Gasteiger partial charge on any atom is -0.271 e.